The Morgan fingerprint density at radius 2 is 2.47 bits per heavy atom. The largest absolute Gasteiger partial charge is 0.397 e. The van der Waals surface area contributed by atoms with Gasteiger partial charge in [-0.15, -0.1) is 0 Å². The summed E-state index contributed by atoms with van der Waals surface area (Å²) in [6, 6.07) is 1.72. The van der Waals surface area contributed by atoms with Crippen LogP contribution in [0.5, 0.6) is 0 Å². The third kappa shape index (κ3) is 3.99. The summed E-state index contributed by atoms with van der Waals surface area (Å²) in [6.07, 6.45) is 5.04. The molecule has 1 heterocycles. The zero-order chi connectivity index (χ0) is 11.3. The van der Waals surface area contributed by atoms with Gasteiger partial charge in [-0.05, 0) is 6.07 Å². The number of aromatic nitrogens is 1. The number of nitrogens with one attached hydrogen (secondary N) is 1. The van der Waals surface area contributed by atoms with Crippen LogP contribution in [0.1, 0.15) is 12.5 Å². The molecule has 1 amide bonds. The van der Waals surface area contributed by atoms with Crippen molar-refractivity contribution in [2.75, 3.05) is 12.3 Å². The standard InChI is InChI=1S/C10H12ClN3O/c1-7(15)13-4-2-3-8-5-9(12)6-14-10(8)11/h2-3,5-6H,4,12H2,1H3,(H,13,15). The summed E-state index contributed by atoms with van der Waals surface area (Å²) in [7, 11) is 0. The van der Waals surface area contributed by atoms with E-state index in [2.05, 4.69) is 10.3 Å². The minimum Gasteiger partial charge on any atom is -0.397 e. The topological polar surface area (TPSA) is 68.0 Å². The minimum absolute atomic E-state index is 0.0727. The van der Waals surface area contributed by atoms with Crippen molar-refractivity contribution in [3.8, 4) is 0 Å². The van der Waals surface area contributed by atoms with Gasteiger partial charge in [0.2, 0.25) is 5.91 Å². The molecule has 0 fully saturated rings. The van der Waals surface area contributed by atoms with E-state index in [9.17, 15) is 4.79 Å². The number of rotatable bonds is 3. The number of hydrogen-bond acceptors (Lipinski definition) is 3. The molecule has 0 saturated carbocycles. The van der Waals surface area contributed by atoms with E-state index in [-0.39, 0.29) is 5.91 Å². The van der Waals surface area contributed by atoms with Crippen LogP contribution < -0.4 is 11.1 Å². The fraction of sp³-hybridized carbons (Fsp3) is 0.200. The lowest BCUT2D eigenvalue weighted by Gasteiger charge is -1.99. The van der Waals surface area contributed by atoms with Gasteiger partial charge >= 0.3 is 0 Å². The molecule has 4 nitrogen and oxygen atoms in total. The van der Waals surface area contributed by atoms with E-state index < -0.39 is 0 Å². The first-order valence-corrected chi connectivity index (χ1v) is 4.79. The number of nitrogens with zero attached hydrogens (tertiary/aromatic N) is 1. The number of nitrogen functional groups attached to an aromatic ring is 1. The van der Waals surface area contributed by atoms with Crippen molar-refractivity contribution in [2.24, 2.45) is 0 Å². The average molecular weight is 226 g/mol. The molecule has 0 unspecified atom stereocenters. The predicted molar refractivity (Wildman–Crippen MR) is 61.4 cm³/mol. The van der Waals surface area contributed by atoms with Gasteiger partial charge in [0.1, 0.15) is 5.15 Å². The van der Waals surface area contributed by atoms with E-state index in [0.29, 0.717) is 17.4 Å². The molecule has 0 saturated heterocycles. The SMILES string of the molecule is CC(=O)NCC=Cc1cc(N)cnc1Cl. The molecule has 0 aliphatic rings. The Balaban J connectivity index is 2.63. The molecule has 1 aromatic heterocycles. The van der Waals surface area contributed by atoms with Crippen LogP contribution in [0.3, 0.4) is 0 Å². The fourth-order valence-electron chi connectivity index (χ4n) is 0.988. The number of hydrogen-bond donors (Lipinski definition) is 2. The Morgan fingerprint density at radius 1 is 1.73 bits per heavy atom. The normalized spacial score (nSPS) is 10.5. The lowest BCUT2D eigenvalue weighted by molar-refractivity contribution is -0.118. The van der Waals surface area contributed by atoms with E-state index in [1.54, 1.807) is 18.2 Å². The molecule has 0 radical (unpaired) electrons. The van der Waals surface area contributed by atoms with Gasteiger partial charge in [-0.1, -0.05) is 23.8 Å². The highest BCUT2D eigenvalue weighted by Crippen LogP contribution is 2.16. The average Bonchev–Trinajstić information content (AvgIpc) is 2.17. The van der Waals surface area contributed by atoms with E-state index >= 15 is 0 Å². The van der Waals surface area contributed by atoms with Crippen LogP contribution in [0.4, 0.5) is 5.69 Å². The number of pyridine rings is 1. The van der Waals surface area contributed by atoms with E-state index in [1.807, 2.05) is 0 Å². The number of anilines is 1. The monoisotopic (exact) mass is 225 g/mol. The summed E-state index contributed by atoms with van der Waals surface area (Å²) < 4.78 is 0. The van der Waals surface area contributed by atoms with Crippen LogP contribution in [0.2, 0.25) is 5.15 Å². The maximum atomic E-state index is 10.6. The van der Waals surface area contributed by atoms with Crippen molar-refractivity contribution >= 4 is 29.3 Å². The van der Waals surface area contributed by atoms with Crippen molar-refractivity contribution < 1.29 is 4.79 Å². The van der Waals surface area contributed by atoms with Crippen molar-refractivity contribution in [1.29, 1.82) is 0 Å². The Hall–Kier alpha value is -1.55. The molecule has 0 spiro atoms. The zero-order valence-electron chi connectivity index (χ0n) is 8.33. The predicted octanol–water partition coefficient (Wildman–Crippen LogP) is 1.47. The van der Waals surface area contributed by atoms with Gasteiger partial charge in [-0.2, -0.15) is 0 Å². The first kappa shape index (κ1) is 11.5. The summed E-state index contributed by atoms with van der Waals surface area (Å²) in [5.74, 6) is -0.0727. The molecule has 3 N–H and O–H groups in total. The molecule has 1 rings (SSSR count). The Labute approximate surface area is 93.1 Å². The van der Waals surface area contributed by atoms with Gasteiger partial charge in [0, 0.05) is 19.0 Å². The smallest absolute Gasteiger partial charge is 0.217 e. The van der Waals surface area contributed by atoms with Gasteiger partial charge < -0.3 is 11.1 Å². The molecular weight excluding hydrogens is 214 g/mol. The van der Waals surface area contributed by atoms with E-state index in [1.165, 1.54) is 13.1 Å². The van der Waals surface area contributed by atoms with Crippen LogP contribution in [-0.4, -0.2) is 17.4 Å². The number of halogens is 1. The molecule has 0 aliphatic carbocycles. The molecule has 80 valence electrons. The third-order valence-electron chi connectivity index (χ3n) is 1.65. The summed E-state index contributed by atoms with van der Waals surface area (Å²) in [6.45, 7) is 1.92. The van der Waals surface area contributed by atoms with Crippen LogP contribution in [0.25, 0.3) is 6.08 Å². The second-order valence-electron chi connectivity index (χ2n) is 2.99. The third-order valence-corrected chi connectivity index (χ3v) is 1.97. The van der Waals surface area contributed by atoms with Crippen LogP contribution in [0, 0.1) is 0 Å². The molecule has 0 aliphatic heterocycles. The maximum absolute atomic E-state index is 10.6. The van der Waals surface area contributed by atoms with E-state index in [4.69, 9.17) is 17.3 Å². The zero-order valence-corrected chi connectivity index (χ0v) is 9.08. The first-order valence-electron chi connectivity index (χ1n) is 4.41. The van der Waals surface area contributed by atoms with Crippen LogP contribution >= 0.6 is 11.6 Å². The molecule has 0 atom stereocenters. The Morgan fingerprint density at radius 3 is 3.13 bits per heavy atom. The van der Waals surface area contributed by atoms with Crippen molar-refractivity contribution in [1.82, 2.24) is 10.3 Å². The number of nitrogens with two attached hydrogens (primary N) is 1. The fourth-order valence-corrected chi connectivity index (χ4v) is 1.15. The summed E-state index contributed by atoms with van der Waals surface area (Å²) in [5, 5.41) is 3.02. The van der Waals surface area contributed by atoms with Gasteiger partial charge in [-0.3, -0.25) is 4.79 Å². The minimum atomic E-state index is -0.0727. The van der Waals surface area contributed by atoms with Crippen molar-refractivity contribution in [2.45, 2.75) is 6.92 Å². The number of amides is 1. The summed E-state index contributed by atoms with van der Waals surface area (Å²) in [4.78, 5) is 14.5. The molecule has 15 heavy (non-hydrogen) atoms. The molecule has 0 aromatic carbocycles. The lowest BCUT2D eigenvalue weighted by atomic mass is 10.2. The van der Waals surface area contributed by atoms with Gasteiger partial charge in [0.15, 0.2) is 0 Å². The van der Waals surface area contributed by atoms with Gasteiger partial charge in [0.05, 0.1) is 11.9 Å². The molecule has 5 heteroatoms. The quantitative estimate of drug-likeness (QED) is 0.766. The molecule has 1 aromatic rings. The van der Waals surface area contributed by atoms with E-state index in [0.717, 1.165) is 5.56 Å². The molecule has 0 bridgehead atoms. The van der Waals surface area contributed by atoms with Gasteiger partial charge in [-0.25, -0.2) is 4.98 Å². The second-order valence-corrected chi connectivity index (χ2v) is 3.35. The highest BCUT2D eigenvalue weighted by Gasteiger charge is 1.97. The highest BCUT2D eigenvalue weighted by atomic mass is 35.5. The summed E-state index contributed by atoms with van der Waals surface area (Å²) in [5.41, 5.74) is 6.85. The van der Waals surface area contributed by atoms with Crippen molar-refractivity contribution in [3.63, 3.8) is 0 Å². The molecular formula is C10H12ClN3O. The second kappa shape index (κ2) is 5.36. The van der Waals surface area contributed by atoms with Crippen LogP contribution in [-0.2, 0) is 4.79 Å². The lowest BCUT2D eigenvalue weighted by Crippen LogP contribution is -2.19. The van der Waals surface area contributed by atoms with Crippen molar-refractivity contribution in [3.05, 3.63) is 29.1 Å². The van der Waals surface area contributed by atoms with Crippen LogP contribution in [0.15, 0.2) is 18.3 Å². The number of carbonyl (C=O) groups excluding carboxylic acids is 1. The summed E-state index contributed by atoms with van der Waals surface area (Å²) >= 11 is 5.83. The highest BCUT2D eigenvalue weighted by molar-refractivity contribution is 6.30. The first-order chi connectivity index (χ1) is 7.09. The number of carbonyl (C=O) groups is 1. The maximum Gasteiger partial charge on any atom is 0.217 e. The van der Waals surface area contributed by atoms with Gasteiger partial charge in [0.25, 0.3) is 0 Å². The Kier molecular flexibility index (Phi) is 4.12. The Bertz CT molecular complexity index is 390.